The number of aromatic nitrogens is 2. The van der Waals surface area contributed by atoms with Gasteiger partial charge in [-0.2, -0.15) is 0 Å². The number of nitrogens with one attached hydrogen (secondary N) is 3. The van der Waals surface area contributed by atoms with Gasteiger partial charge in [-0.3, -0.25) is 52.6 Å². The number of alkyl halides is 1. The third-order valence-electron chi connectivity index (χ3n) is 15.9. The number of hydrogen-bond acceptors (Lipinski definition) is 13. The fourth-order valence-electron chi connectivity index (χ4n) is 11.4. The molecule has 24 heteroatoms. The van der Waals surface area contributed by atoms with Crippen molar-refractivity contribution in [2.24, 2.45) is 18.4 Å². The predicted octanol–water partition coefficient (Wildman–Crippen LogP) is 5.83. The molecule has 4 fully saturated rings. The standard InChI is InChI=1S/C58H72FN8O13PS/c1-7-26-79-56(74)34(2)62-81(76,77)51(59)38-14-17-45-39(30-38)31-46(82-45)53(71)61-50(58(3,4)5)55(73)66-24-21-43(49(66)54(72)65-25-27-78-44(32-65)37-11-9-8-10-12-37)80-33-48(69)64-22-19-35(20-23-64)28-36-13-15-40-42(29-36)63(6)57(75)67(40)41-16-18-47(68)60-52(41)70/h8-15,17,29-31,34-35,41,43-44,49-51H,7,16,18-28,32-33H2,1-6H3,(H,61,71)(H,60,68,70)(H2,62,76,77)/t34-,41?,43+,44-,49-,50+,51?/m0/s1. The highest BCUT2D eigenvalue weighted by Crippen LogP contribution is 2.54. The number of aryl methyl sites for hydroxylation is 1. The lowest BCUT2D eigenvalue weighted by Gasteiger charge is -2.39. The quantitative estimate of drug-likeness (QED) is 0.0458. The first-order valence-corrected chi connectivity index (χ1v) is 30.5. The van der Waals surface area contributed by atoms with Crippen LogP contribution in [-0.2, 0) is 61.0 Å². The summed E-state index contributed by atoms with van der Waals surface area (Å²) in [5, 5.41) is 7.85. The van der Waals surface area contributed by atoms with E-state index in [1.807, 2.05) is 48.5 Å². The van der Waals surface area contributed by atoms with E-state index in [0.717, 1.165) is 22.5 Å². The van der Waals surface area contributed by atoms with Crippen LogP contribution in [0.25, 0.3) is 21.1 Å². The van der Waals surface area contributed by atoms with E-state index < -0.39 is 78.9 Å². The van der Waals surface area contributed by atoms with Gasteiger partial charge in [0.15, 0.2) is 0 Å². The van der Waals surface area contributed by atoms with E-state index in [1.54, 1.807) is 44.5 Å². The average Bonchev–Trinajstić information content (AvgIpc) is 4.38. The summed E-state index contributed by atoms with van der Waals surface area (Å²) in [6, 6.07) is 16.6. The minimum atomic E-state index is -4.80. The molecule has 6 heterocycles. The second kappa shape index (κ2) is 25.1. The Morgan fingerprint density at radius 2 is 1.67 bits per heavy atom. The van der Waals surface area contributed by atoms with Crippen LogP contribution in [0.1, 0.15) is 118 Å². The fourth-order valence-corrected chi connectivity index (χ4v) is 13.7. The molecule has 9 rings (SSSR count). The van der Waals surface area contributed by atoms with Crippen LogP contribution in [0, 0.1) is 11.3 Å². The van der Waals surface area contributed by atoms with Gasteiger partial charge in [-0.1, -0.05) is 70.2 Å². The molecule has 0 aliphatic carbocycles. The Kier molecular flexibility index (Phi) is 18.3. The van der Waals surface area contributed by atoms with Crippen molar-refractivity contribution in [2.75, 3.05) is 52.5 Å². The number of hydrogen-bond donors (Lipinski definition) is 4. The average molecular weight is 1170 g/mol. The number of rotatable bonds is 18. The summed E-state index contributed by atoms with van der Waals surface area (Å²) in [5.41, 5.74) is 1.79. The zero-order valence-corrected chi connectivity index (χ0v) is 48.7. The molecule has 2 aromatic heterocycles. The van der Waals surface area contributed by atoms with Crippen LogP contribution in [-0.4, -0.2) is 147 Å². The summed E-state index contributed by atoms with van der Waals surface area (Å²) in [6.45, 7) is 9.97. The number of fused-ring (bicyclic) bond motifs is 2. The highest BCUT2D eigenvalue weighted by atomic mass is 32.1. The molecular formula is C58H72FN8O13PS. The third kappa shape index (κ3) is 13.1. The second-order valence-corrected chi connectivity index (χ2v) is 25.9. The number of nitrogens with zero attached hydrogens (tertiary/aromatic N) is 5. The van der Waals surface area contributed by atoms with Crippen molar-refractivity contribution in [2.45, 2.75) is 122 Å². The molecule has 3 unspecified atom stereocenters. The van der Waals surface area contributed by atoms with Crippen molar-refractivity contribution in [1.82, 2.24) is 39.6 Å². The minimum absolute atomic E-state index is 0.0916. The summed E-state index contributed by atoms with van der Waals surface area (Å²) < 4.78 is 50.0. The van der Waals surface area contributed by atoms with E-state index in [0.29, 0.717) is 59.9 Å². The van der Waals surface area contributed by atoms with E-state index in [-0.39, 0.29) is 98.5 Å². The SMILES string of the molecule is CCCOC(=O)[C@H](C)NP(=O)(O)C(F)c1ccc2sc(C(=O)N[C@H](C(=O)N3CC[C@@H](OCC(=O)N4CCC(Cc5ccc6c(c5)n(C)c(=O)n6C5CCC(=O)NC5=O)CC4)[C@H]3C(=O)N3CCO[C@H](c4ccccc4)C3)C(C)(C)C)cc2c1. The highest BCUT2D eigenvalue weighted by Gasteiger charge is 2.49. The van der Waals surface area contributed by atoms with Crippen LogP contribution < -0.4 is 21.4 Å². The summed E-state index contributed by atoms with van der Waals surface area (Å²) >= 11 is 1.08. The molecule has 440 valence electrons. The van der Waals surface area contributed by atoms with Gasteiger partial charge in [-0.15, -0.1) is 11.3 Å². The lowest BCUT2D eigenvalue weighted by molar-refractivity contribution is -0.156. The number of amides is 6. The molecule has 6 amide bonds. The van der Waals surface area contributed by atoms with Crippen molar-refractivity contribution >= 4 is 81.4 Å². The Bertz CT molecular complexity index is 3350. The molecular weight excluding hydrogens is 1100 g/mol. The molecule has 0 saturated carbocycles. The number of benzene rings is 3. The van der Waals surface area contributed by atoms with E-state index in [9.17, 15) is 43.0 Å². The van der Waals surface area contributed by atoms with Crippen LogP contribution >= 0.6 is 18.9 Å². The fraction of sp³-hybridized carbons (Fsp3) is 0.517. The Morgan fingerprint density at radius 3 is 2.38 bits per heavy atom. The summed E-state index contributed by atoms with van der Waals surface area (Å²) in [4.78, 5) is 124. The third-order valence-corrected chi connectivity index (χ3v) is 18.7. The number of ether oxygens (including phenoxy) is 3. The number of carbonyl (C=O) groups excluding carboxylic acids is 7. The number of imidazole rings is 1. The Balaban J connectivity index is 0.868. The monoisotopic (exact) mass is 1170 g/mol. The van der Waals surface area contributed by atoms with Gasteiger partial charge in [0.05, 0.1) is 41.8 Å². The molecule has 21 nitrogen and oxygen atoms in total. The van der Waals surface area contributed by atoms with E-state index >= 15 is 9.18 Å². The Hall–Kier alpha value is -6.62. The first-order chi connectivity index (χ1) is 39.0. The van der Waals surface area contributed by atoms with Crippen molar-refractivity contribution in [3.63, 3.8) is 0 Å². The molecule has 0 bridgehead atoms. The molecule has 4 aliphatic rings. The van der Waals surface area contributed by atoms with Crippen LogP contribution in [0.2, 0.25) is 0 Å². The van der Waals surface area contributed by atoms with Gasteiger partial charge in [-0.25, -0.2) is 14.3 Å². The summed E-state index contributed by atoms with van der Waals surface area (Å²) in [5.74, 6) is -5.61. The molecule has 4 N–H and O–H groups in total. The van der Waals surface area contributed by atoms with Crippen molar-refractivity contribution in [3.8, 4) is 0 Å². The van der Waals surface area contributed by atoms with Crippen molar-refractivity contribution in [1.29, 1.82) is 0 Å². The van der Waals surface area contributed by atoms with Gasteiger partial charge < -0.3 is 39.1 Å². The van der Waals surface area contributed by atoms with E-state index in [1.165, 1.54) is 45.2 Å². The maximum Gasteiger partial charge on any atom is 0.329 e. The zero-order chi connectivity index (χ0) is 58.8. The molecule has 8 atom stereocenters. The minimum Gasteiger partial charge on any atom is -0.465 e. The molecule has 5 aromatic rings. The van der Waals surface area contributed by atoms with Crippen LogP contribution in [0.4, 0.5) is 4.39 Å². The van der Waals surface area contributed by atoms with Crippen molar-refractivity contribution in [3.05, 3.63) is 105 Å². The van der Waals surface area contributed by atoms with Gasteiger partial charge in [0.25, 0.3) is 5.91 Å². The number of esters is 1. The molecule has 0 radical (unpaired) electrons. The Labute approximate surface area is 478 Å². The second-order valence-electron chi connectivity index (χ2n) is 22.9. The molecule has 4 aliphatic heterocycles. The van der Waals surface area contributed by atoms with Crippen LogP contribution in [0.3, 0.4) is 0 Å². The van der Waals surface area contributed by atoms with E-state index in [2.05, 4.69) is 15.7 Å². The lowest BCUT2D eigenvalue weighted by atomic mass is 9.85. The van der Waals surface area contributed by atoms with Gasteiger partial charge in [-0.05, 0) is 109 Å². The summed E-state index contributed by atoms with van der Waals surface area (Å²) in [6.07, 6.45) is 1.96. The number of carbonyl (C=O) groups is 7. The molecule has 82 heavy (non-hydrogen) atoms. The molecule has 0 spiro atoms. The molecule has 3 aromatic carbocycles. The number of imide groups is 1. The lowest BCUT2D eigenvalue weighted by Crippen LogP contribution is -2.60. The number of halogens is 1. The highest BCUT2D eigenvalue weighted by molar-refractivity contribution is 7.56. The van der Waals surface area contributed by atoms with Crippen LogP contribution in [0.5, 0.6) is 0 Å². The van der Waals surface area contributed by atoms with Crippen LogP contribution in [0.15, 0.2) is 77.6 Å². The van der Waals surface area contributed by atoms with Crippen molar-refractivity contribution < 1.29 is 61.6 Å². The topological polar surface area (TPSA) is 257 Å². The first-order valence-electron chi connectivity index (χ1n) is 28.0. The van der Waals surface area contributed by atoms with E-state index in [4.69, 9.17) is 14.2 Å². The summed E-state index contributed by atoms with van der Waals surface area (Å²) in [7, 11) is -3.14. The van der Waals surface area contributed by atoms with Gasteiger partial charge in [0.1, 0.15) is 36.9 Å². The van der Waals surface area contributed by atoms with Gasteiger partial charge in [0.2, 0.25) is 35.4 Å². The zero-order valence-electron chi connectivity index (χ0n) is 47.0. The number of morpholine rings is 1. The first kappa shape index (κ1) is 60.0. The predicted molar refractivity (Wildman–Crippen MR) is 303 cm³/mol. The maximum atomic E-state index is 15.8. The van der Waals surface area contributed by atoms with Gasteiger partial charge >= 0.3 is 19.2 Å². The normalized spacial score (nSPS) is 21.9. The number of thiophene rings is 1. The Morgan fingerprint density at radius 1 is 0.927 bits per heavy atom. The number of piperidine rings is 2. The van der Waals surface area contributed by atoms with Gasteiger partial charge in [0, 0.05) is 44.3 Å². The largest absolute Gasteiger partial charge is 0.465 e. The number of likely N-dealkylation sites (tertiary alicyclic amines) is 2. The maximum absolute atomic E-state index is 15.8. The smallest absolute Gasteiger partial charge is 0.329 e. The molecule has 4 saturated heterocycles.